The van der Waals surface area contributed by atoms with E-state index in [2.05, 4.69) is 46.0 Å². The normalized spacial score (nSPS) is 18.7. The highest BCUT2D eigenvalue weighted by molar-refractivity contribution is 9.10. The molecule has 1 saturated heterocycles. The van der Waals surface area contributed by atoms with Gasteiger partial charge in [-0.3, -0.25) is 0 Å². The Kier molecular flexibility index (Phi) is 3.49. The Morgan fingerprint density at radius 3 is 3.00 bits per heavy atom. The van der Waals surface area contributed by atoms with E-state index in [1.54, 1.807) is 11.6 Å². The molecular weight excluding hydrogens is 366 g/mol. The van der Waals surface area contributed by atoms with E-state index in [1.165, 1.54) is 6.33 Å². The van der Waals surface area contributed by atoms with E-state index >= 15 is 0 Å². The van der Waals surface area contributed by atoms with Gasteiger partial charge in [0.1, 0.15) is 22.8 Å². The number of halogens is 1. The van der Waals surface area contributed by atoms with E-state index in [0.29, 0.717) is 36.1 Å². The number of anilines is 1. The second-order valence-corrected chi connectivity index (χ2v) is 6.03. The second-order valence-electron chi connectivity index (χ2n) is 5.27. The van der Waals surface area contributed by atoms with Crippen LogP contribution in [0, 0.1) is 6.92 Å². The maximum Gasteiger partial charge on any atom is 0.251 e. The molecule has 0 N–H and O–H groups in total. The number of hydrogen-bond donors (Lipinski definition) is 0. The van der Waals surface area contributed by atoms with E-state index in [-0.39, 0.29) is 6.04 Å². The SMILES string of the molecule is Cc1noc([C@@H]2COCCN2c2ncnc3c2c(Br)nn3C)n1. The molecule has 0 aromatic carbocycles. The van der Waals surface area contributed by atoms with Crippen LogP contribution >= 0.6 is 15.9 Å². The quantitative estimate of drug-likeness (QED) is 0.659. The van der Waals surface area contributed by atoms with E-state index < -0.39 is 0 Å². The van der Waals surface area contributed by atoms with Crippen molar-refractivity contribution in [2.75, 3.05) is 24.7 Å². The molecule has 0 unspecified atom stereocenters. The Morgan fingerprint density at radius 2 is 2.22 bits per heavy atom. The zero-order chi connectivity index (χ0) is 16.0. The fourth-order valence-corrected chi connectivity index (χ4v) is 3.35. The van der Waals surface area contributed by atoms with Crippen LogP contribution in [0.2, 0.25) is 0 Å². The van der Waals surface area contributed by atoms with Gasteiger partial charge in [0.2, 0.25) is 0 Å². The zero-order valence-electron chi connectivity index (χ0n) is 12.6. The summed E-state index contributed by atoms with van der Waals surface area (Å²) in [7, 11) is 1.85. The van der Waals surface area contributed by atoms with Crippen LogP contribution in [0.5, 0.6) is 0 Å². The number of rotatable bonds is 2. The van der Waals surface area contributed by atoms with Gasteiger partial charge < -0.3 is 14.2 Å². The van der Waals surface area contributed by atoms with Crippen LogP contribution in [0.15, 0.2) is 15.5 Å². The third kappa shape index (κ3) is 2.38. The maximum absolute atomic E-state index is 5.60. The highest BCUT2D eigenvalue weighted by Crippen LogP contribution is 2.35. The van der Waals surface area contributed by atoms with Gasteiger partial charge in [0.05, 0.1) is 18.6 Å². The van der Waals surface area contributed by atoms with E-state index in [1.807, 2.05) is 7.05 Å². The summed E-state index contributed by atoms with van der Waals surface area (Å²) in [5, 5.41) is 9.11. The molecule has 0 bridgehead atoms. The minimum Gasteiger partial charge on any atom is -0.377 e. The van der Waals surface area contributed by atoms with Gasteiger partial charge in [0.15, 0.2) is 11.5 Å². The lowest BCUT2D eigenvalue weighted by Gasteiger charge is -2.34. The van der Waals surface area contributed by atoms with Crippen LogP contribution in [0.4, 0.5) is 5.82 Å². The number of fused-ring (bicyclic) bond motifs is 1. The maximum atomic E-state index is 5.60. The Morgan fingerprint density at radius 1 is 1.35 bits per heavy atom. The number of ether oxygens (including phenoxy) is 1. The van der Waals surface area contributed by atoms with E-state index in [9.17, 15) is 0 Å². The predicted molar refractivity (Wildman–Crippen MR) is 83.9 cm³/mol. The topological polar surface area (TPSA) is 95.0 Å². The van der Waals surface area contributed by atoms with Crippen molar-refractivity contribution in [1.29, 1.82) is 0 Å². The van der Waals surface area contributed by atoms with E-state index in [4.69, 9.17) is 9.26 Å². The number of hydrogen-bond acceptors (Lipinski definition) is 8. The second kappa shape index (κ2) is 5.53. The van der Waals surface area contributed by atoms with Gasteiger partial charge in [-0.2, -0.15) is 10.1 Å². The molecule has 1 aliphatic heterocycles. The van der Waals surface area contributed by atoms with Gasteiger partial charge in [-0.05, 0) is 22.9 Å². The molecule has 0 amide bonds. The summed E-state index contributed by atoms with van der Waals surface area (Å²) in [5.74, 6) is 1.90. The molecular formula is C13H14BrN7O2. The zero-order valence-corrected chi connectivity index (χ0v) is 14.2. The highest BCUT2D eigenvalue weighted by Gasteiger charge is 2.32. The fourth-order valence-electron chi connectivity index (χ4n) is 2.75. The van der Waals surface area contributed by atoms with Crippen LogP contribution in [-0.4, -0.2) is 49.6 Å². The van der Waals surface area contributed by atoms with Gasteiger partial charge >= 0.3 is 0 Å². The lowest BCUT2D eigenvalue weighted by Crippen LogP contribution is -2.40. The summed E-state index contributed by atoms with van der Waals surface area (Å²) < 4.78 is 13.4. The molecule has 3 aromatic heterocycles. The van der Waals surface area contributed by atoms with Crippen LogP contribution in [0.25, 0.3) is 11.0 Å². The molecule has 0 radical (unpaired) electrons. The minimum atomic E-state index is -0.185. The van der Waals surface area contributed by atoms with Crippen molar-refractivity contribution in [3.63, 3.8) is 0 Å². The molecule has 9 nitrogen and oxygen atoms in total. The van der Waals surface area contributed by atoms with Gasteiger partial charge in [0.25, 0.3) is 5.89 Å². The predicted octanol–water partition coefficient (Wildman–Crippen LogP) is 1.40. The van der Waals surface area contributed by atoms with Gasteiger partial charge in [-0.1, -0.05) is 5.16 Å². The average molecular weight is 380 g/mol. The minimum absolute atomic E-state index is 0.185. The Balaban J connectivity index is 1.84. The molecule has 10 heteroatoms. The third-order valence-electron chi connectivity index (χ3n) is 3.79. The van der Waals surface area contributed by atoms with Crippen molar-refractivity contribution in [3.8, 4) is 0 Å². The lowest BCUT2D eigenvalue weighted by molar-refractivity contribution is 0.0835. The standard InChI is InChI=1S/C13H14BrN7O2/c1-7-17-13(23-19-7)8-5-22-4-3-21(8)12-9-10(14)18-20(2)11(9)15-6-16-12/h6,8H,3-5H2,1-2H3/t8-/m0/s1. The summed E-state index contributed by atoms with van der Waals surface area (Å²) in [6, 6.07) is -0.185. The van der Waals surface area contributed by atoms with Crippen molar-refractivity contribution in [2.24, 2.45) is 7.05 Å². The van der Waals surface area contributed by atoms with Crippen molar-refractivity contribution < 1.29 is 9.26 Å². The average Bonchev–Trinajstić information content (AvgIpc) is 3.11. The van der Waals surface area contributed by atoms with Gasteiger partial charge in [0, 0.05) is 13.6 Å². The van der Waals surface area contributed by atoms with Crippen molar-refractivity contribution >= 4 is 32.8 Å². The van der Waals surface area contributed by atoms with Gasteiger partial charge in [-0.25, -0.2) is 14.6 Å². The number of morpholine rings is 1. The summed E-state index contributed by atoms with van der Waals surface area (Å²) >= 11 is 3.49. The smallest absolute Gasteiger partial charge is 0.251 e. The molecule has 1 fully saturated rings. The summed E-state index contributed by atoms with van der Waals surface area (Å²) in [6.45, 7) is 3.53. The fraction of sp³-hybridized carbons (Fsp3) is 0.462. The molecule has 0 saturated carbocycles. The molecule has 1 aliphatic rings. The van der Waals surface area contributed by atoms with Crippen LogP contribution in [0.1, 0.15) is 17.8 Å². The first-order chi connectivity index (χ1) is 11.1. The molecule has 120 valence electrons. The summed E-state index contributed by atoms with van der Waals surface area (Å²) in [6.07, 6.45) is 1.54. The summed E-state index contributed by atoms with van der Waals surface area (Å²) in [5.41, 5.74) is 0.758. The van der Waals surface area contributed by atoms with Crippen LogP contribution in [0.3, 0.4) is 0 Å². The molecule has 3 aromatic rings. The first-order valence-corrected chi connectivity index (χ1v) is 7.92. The van der Waals surface area contributed by atoms with Crippen LogP contribution in [-0.2, 0) is 11.8 Å². The number of aromatic nitrogens is 6. The largest absolute Gasteiger partial charge is 0.377 e. The highest BCUT2D eigenvalue weighted by atomic mass is 79.9. The Labute approximate surface area is 139 Å². The molecule has 4 rings (SSSR count). The van der Waals surface area contributed by atoms with Crippen LogP contribution < -0.4 is 4.90 Å². The van der Waals surface area contributed by atoms with Crippen molar-refractivity contribution in [1.82, 2.24) is 29.9 Å². The molecule has 23 heavy (non-hydrogen) atoms. The van der Waals surface area contributed by atoms with Crippen molar-refractivity contribution in [3.05, 3.63) is 22.6 Å². The van der Waals surface area contributed by atoms with Gasteiger partial charge in [-0.15, -0.1) is 0 Å². The monoisotopic (exact) mass is 379 g/mol. The third-order valence-corrected chi connectivity index (χ3v) is 4.34. The summed E-state index contributed by atoms with van der Waals surface area (Å²) in [4.78, 5) is 15.2. The number of aryl methyl sites for hydroxylation is 2. The molecule has 0 aliphatic carbocycles. The van der Waals surface area contributed by atoms with E-state index in [0.717, 1.165) is 16.9 Å². The molecule has 1 atom stereocenters. The first-order valence-electron chi connectivity index (χ1n) is 7.13. The molecule has 4 heterocycles. The lowest BCUT2D eigenvalue weighted by atomic mass is 10.2. The van der Waals surface area contributed by atoms with Crippen molar-refractivity contribution in [2.45, 2.75) is 13.0 Å². The molecule has 0 spiro atoms. The number of nitrogens with zero attached hydrogens (tertiary/aromatic N) is 7. The first kappa shape index (κ1) is 14.5. The Hall–Kier alpha value is -2.07. The Bertz CT molecular complexity index is 861.